The molecule has 3 aromatic rings. The molecule has 0 amide bonds. The molecule has 0 N–H and O–H groups in total. The molecule has 2 aromatic heterocycles. The molecule has 1 aromatic carbocycles. The molecule has 16 heavy (non-hydrogen) atoms. The molecule has 0 unspecified atom stereocenters. The Morgan fingerprint density at radius 3 is 2.88 bits per heavy atom. The summed E-state index contributed by atoms with van der Waals surface area (Å²) in [5.41, 5.74) is 2.53. The van der Waals surface area contributed by atoms with Gasteiger partial charge in [0.2, 0.25) is 0 Å². The van der Waals surface area contributed by atoms with Gasteiger partial charge in [-0.1, -0.05) is 0 Å². The lowest BCUT2D eigenvalue weighted by Gasteiger charge is -1.99. The number of aromatic nitrogens is 3. The van der Waals surface area contributed by atoms with Gasteiger partial charge in [-0.2, -0.15) is 5.10 Å². The van der Waals surface area contributed by atoms with Gasteiger partial charge in [0.15, 0.2) is 5.65 Å². The van der Waals surface area contributed by atoms with Gasteiger partial charge in [0, 0.05) is 17.8 Å². The largest absolute Gasteiger partial charge is 0.250 e. The van der Waals surface area contributed by atoms with Crippen LogP contribution < -0.4 is 0 Å². The molecule has 0 saturated heterocycles. The Kier molecular flexibility index (Phi) is 1.74. The van der Waals surface area contributed by atoms with Crippen LogP contribution in [0.1, 0.15) is 5.69 Å². The summed E-state index contributed by atoms with van der Waals surface area (Å²) < 4.78 is 14.8. The summed E-state index contributed by atoms with van der Waals surface area (Å²) in [5, 5.41) is 6.08. The van der Waals surface area contributed by atoms with Crippen molar-refractivity contribution in [1.29, 1.82) is 0 Å². The third-order valence-electron chi connectivity index (χ3n) is 2.75. The van der Waals surface area contributed by atoms with Crippen molar-refractivity contribution in [3.8, 4) is 0 Å². The number of nitrogens with zero attached hydrogens (tertiary/aromatic N) is 3. The van der Waals surface area contributed by atoms with Crippen LogP contribution in [0, 0.1) is 12.7 Å². The van der Waals surface area contributed by atoms with Crippen LogP contribution in [-0.2, 0) is 7.05 Å². The van der Waals surface area contributed by atoms with Crippen molar-refractivity contribution in [1.82, 2.24) is 14.8 Å². The lowest BCUT2D eigenvalue weighted by molar-refractivity contribution is 0.629. The van der Waals surface area contributed by atoms with E-state index in [1.165, 1.54) is 12.1 Å². The molecule has 3 rings (SSSR count). The maximum absolute atomic E-state index is 13.1. The van der Waals surface area contributed by atoms with Crippen molar-refractivity contribution >= 4 is 21.9 Å². The Labute approximate surface area is 91.5 Å². The monoisotopic (exact) mass is 215 g/mol. The normalized spacial score (nSPS) is 11.4. The van der Waals surface area contributed by atoms with E-state index in [1.807, 2.05) is 20.0 Å². The van der Waals surface area contributed by atoms with Crippen LogP contribution in [0.25, 0.3) is 21.9 Å². The predicted octanol–water partition coefficient (Wildman–Crippen LogP) is 2.57. The van der Waals surface area contributed by atoms with Gasteiger partial charge in [-0.15, -0.1) is 0 Å². The summed E-state index contributed by atoms with van der Waals surface area (Å²) >= 11 is 0. The van der Waals surface area contributed by atoms with Gasteiger partial charge in [0.1, 0.15) is 5.82 Å². The number of aryl methyl sites for hydroxylation is 2. The van der Waals surface area contributed by atoms with Crippen LogP contribution in [0.3, 0.4) is 0 Å². The summed E-state index contributed by atoms with van der Waals surface area (Å²) in [6.07, 6.45) is 0. The van der Waals surface area contributed by atoms with E-state index in [-0.39, 0.29) is 5.82 Å². The molecular formula is C12H10FN3. The molecule has 0 radical (unpaired) electrons. The Balaban J connectivity index is 2.51. The Hall–Kier alpha value is -1.97. The summed E-state index contributed by atoms with van der Waals surface area (Å²) in [5.74, 6) is -0.241. The fourth-order valence-corrected chi connectivity index (χ4v) is 1.98. The SMILES string of the molecule is Cc1nn(C)c2nc3ccc(F)cc3cc12. The molecule has 0 aliphatic heterocycles. The fourth-order valence-electron chi connectivity index (χ4n) is 1.98. The molecule has 2 heterocycles. The molecule has 0 aliphatic carbocycles. The first-order valence-corrected chi connectivity index (χ1v) is 5.05. The second kappa shape index (κ2) is 3.01. The summed E-state index contributed by atoms with van der Waals surface area (Å²) in [6, 6.07) is 6.54. The van der Waals surface area contributed by atoms with E-state index in [9.17, 15) is 4.39 Å². The molecule has 3 nitrogen and oxygen atoms in total. The van der Waals surface area contributed by atoms with Gasteiger partial charge in [-0.05, 0) is 31.2 Å². The van der Waals surface area contributed by atoms with Crippen molar-refractivity contribution in [2.75, 3.05) is 0 Å². The Bertz CT molecular complexity index is 700. The first-order valence-electron chi connectivity index (χ1n) is 5.05. The quantitative estimate of drug-likeness (QED) is 0.577. The highest BCUT2D eigenvalue weighted by Crippen LogP contribution is 2.22. The van der Waals surface area contributed by atoms with E-state index in [2.05, 4.69) is 10.1 Å². The van der Waals surface area contributed by atoms with E-state index in [4.69, 9.17) is 0 Å². The molecule has 0 spiro atoms. The first kappa shape index (κ1) is 9.27. The molecule has 4 heteroatoms. The van der Waals surface area contributed by atoms with Gasteiger partial charge in [0.05, 0.1) is 11.2 Å². The van der Waals surface area contributed by atoms with Gasteiger partial charge >= 0.3 is 0 Å². The third-order valence-corrected chi connectivity index (χ3v) is 2.75. The average Bonchev–Trinajstić information content (AvgIpc) is 2.52. The van der Waals surface area contributed by atoms with Crippen molar-refractivity contribution in [3.05, 3.63) is 35.8 Å². The topological polar surface area (TPSA) is 30.7 Å². The van der Waals surface area contributed by atoms with Gasteiger partial charge in [-0.25, -0.2) is 9.37 Å². The lowest BCUT2D eigenvalue weighted by Crippen LogP contribution is -1.92. The highest BCUT2D eigenvalue weighted by Gasteiger charge is 2.08. The second-order valence-corrected chi connectivity index (χ2v) is 3.91. The first-order chi connectivity index (χ1) is 7.65. The number of pyridine rings is 1. The van der Waals surface area contributed by atoms with E-state index >= 15 is 0 Å². The minimum absolute atomic E-state index is 0.241. The number of hydrogen-bond donors (Lipinski definition) is 0. The zero-order valence-corrected chi connectivity index (χ0v) is 9.03. The third kappa shape index (κ3) is 1.19. The van der Waals surface area contributed by atoms with Crippen molar-refractivity contribution < 1.29 is 4.39 Å². The molecule has 0 saturated carbocycles. The molecule has 0 atom stereocenters. The number of rotatable bonds is 0. The minimum Gasteiger partial charge on any atom is -0.250 e. The standard InChI is InChI=1S/C12H10FN3/c1-7-10-6-8-5-9(13)3-4-11(8)14-12(10)16(2)15-7/h3-6H,1-2H3. The molecule has 0 bridgehead atoms. The number of halogens is 1. The van der Waals surface area contributed by atoms with Crippen molar-refractivity contribution in [3.63, 3.8) is 0 Å². The summed E-state index contributed by atoms with van der Waals surface area (Å²) in [7, 11) is 1.86. The maximum atomic E-state index is 13.1. The van der Waals surface area contributed by atoms with Crippen LogP contribution in [0.5, 0.6) is 0 Å². The maximum Gasteiger partial charge on any atom is 0.158 e. The van der Waals surface area contributed by atoms with E-state index in [1.54, 1.807) is 10.7 Å². The molecular weight excluding hydrogens is 205 g/mol. The van der Waals surface area contributed by atoms with Crippen LogP contribution >= 0.6 is 0 Å². The highest BCUT2D eigenvalue weighted by atomic mass is 19.1. The molecule has 0 aliphatic rings. The fraction of sp³-hybridized carbons (Fsp3) is 0.167. The van der Waals surface area contributed by atoms with Gasteiger partial charge < -0.3 is 0 Å². The molecule has 0 fully saturated rings. The van der Waals surface area contributed by atoms with Crippen LogP contribution in [0.2, 0.25) is 0 Å². The highest BCUT2D eigenvalue weighted by molar-refractivity contribution is 5.92. The average molecular weight is 215 g/mol. The summed E-state index contributed by atoms with van der Waals surface area (Å²) in [4.78, 5) is 4.47. The zero-order valence-electron chi connectivity index (χ0n) is 9.03. The Morgan fingerprint density at radius 2 is 2.06 bits per heavy atom. The predicted molar refractivity (Wildman–Crippen MR) is 60.7 cm³/mol. The van der Waals surface area contributed by atoms with Crippen LogP contribution in [0.15, 0.2) is 24.3 Å². The minimum atomic E-state index is -0.241. The van der Waals surface area contributed by atoms with Crippen molar-refractivity contribution in [2.45, 2.75) is 6.92 Å². The van der Waals surface area contributed by atoms with E-state index in [0.29, 0.717) is 0 Å². The Morgan fingerprint density at radius 1 is 1.25 bits per heavy atom. The van der Waals surface area contributed by atoms with E-state index < -0.39 is 0 Å². The van der Waals surface area contributed by atoms with E-state index in [0.717, 1.165) is 27.6 Å². The molecule has 80 valence electrons. The zero-order chi connectivity index (χ0) is 11.3. The number of fused-ring (bicyclic) bond motifs is 2. The smallest absolute Gasteiger partial charge is 0.158 e. The van der Waals surface area contributed by atoms with Crippen LogP contribution in [-0.4, -0.2) is 14.8 Å². The van der Waals surface area contributed by atoms with Gasteiger partial charge in [-0.3, -0.25) is 4.68 Å². The lowest BCUT2D eigenvalue weighted by atomic mass is 10.1. The second-order valence-electron chi connectivity index (χ2n) is 3.91. The van der Waals surface area contributed by atoms with Gasteiger partial charge in [0.25, 0.3) is 0 Å². The van der Waals surface area contributed by atoms with Crippen LogP contribution in [0.4, 0.5) is 4.39 Å². The number of benzene rings is 1. The number of hydrogen-bond acceptors (Lipinski definition) is 2. The van der Waals surface area contributed by atoms with Crippen molar-refractivity contribution in [2.24, 2.45) is 7.05 Å². The summed E-state index contributed by atoms with van der Waals surface area (Å²) in [6.45, 7) is 1.93.